The van der Waals surface area contributed by atoms with Gasteiger partial charge in [0, 0.05) is 40.7 Å². The van der Waals surface area contributed by atoms with Gasteiger partial charge >= 0.3 is 0 Å². The fraction of sp³-hybridized carbons (Fsp3) is 0.182. The third kappa shape index (κ3) is 1.96. The van der Waals surface area contributed by atoms with Gasteiger partial charge in [-0.05, 0) is 24.0 Å². The van der Waals surface area contributed by atoms with Gasteiger partial charge in [-0.1, -0.05) is 36.4 Å². The molecule has 7 heteroatoms. The number of H-pyrrole nitrogens is 1. The molecule has 0 radical (unpaired) electrons. The predicted molar refractivity (Wildman–Crippen MR) is 105 cm³/mol. The lowest BCUT2D eigenvalue weighted by atomic mass is 9.81. The summed E-state index contributed by atoms with van der Waals surface area (Å²) in [5.74, 6) is -0.0509. The molecule has 1 saturated heterocycles. The Morgan fingerprint density at radius 3 is 2.86 bits per heavy atom. The maximum atomic E-state index is 13.3. The Labute approximate surface area is 164 Å². The molecule has 1 unspecified atom stereocenters. The summed E-state index contributed by atoms with van der Waals surface area (Å²) in [6.07, 6.45) is 2.53. The number of non-ortho nitro benzene ring substituents is 1. The quantitative estimate of drug-likeness (QED) is 0.539. The minimum atomic E-state index is -0.466. The second kappa shape index (κ2) is 5.20. The predicted octanol–water partition coefficient (Wildman–Crippen LogP) is 3.57. The van der Waals surface area contributed by atoms with Gasteiger partial charge in [0.05, 0.1) is 4.92 Å². The number of nitro benzene ring substituents is 1. The molecule has 1 N–H and O–H groups in total. The number of hydrogen-bond donors (Lipinski definition) is 1. The summed E-state index contributed by atoms with van der Waals surface area (Å²) in [6, 6.07) is 14.0. The van der Waals surface area contributed by atoms with Crippen molar-refractivity contribution in [3.8, 4) is 0 Å². The van der Waals surface area contributed by atoms with Gasteiger partial charge in [0.2, 0.25) is 0 Å². The van der Waals surface area contributed by atoms with Crippen LogP contribution >= 0.6 is 0 Å². The van der Waals surface area contributed by atoms with Gasteiger partial charge in [0.1, 0.15) is 11.2 Å². The molecule has 1 aliphatic heterocycles. The number of piperidine rings is 1. The van der Waals surface area contributed by atoms with Crippen molar-refractivity contribution in [2.45, 2.75) is 11.8 Å². The van der Waals surface area contributed by atoms with Crippen LogP contribution < -0.4 is 0 Å². The van der Waals surface area contributed by atoms with E-state index in [0.717, 1.165) is 17.7 Å². The highest BCUT2D eigenvalue weighted by molar-refractivity contribution is 6.10. The van der Waals surface area contributed by atoms with Crippen LogP contribution in [0.5, 0.6) is 0 Å². The number of fused-ring (bicyclic) bond motifs is 2. The van der Waals surface area contributed by atoms with E-state index < -0.39 is 4.92 Å². The van der Waals surface area contributed by atoms with Crippen molar-refractivity contribution in [1.82, 2.24) is 9.88 Å². The highest BCUT2D eigenvalue weighted by atomic mass is 16.6. The number of nitro groups is 1. The molecule has 3 aromatic rings. The summed E-state index contributed by atoms with van der Waals surface area (Å²) < 4.78 is 0. The lowest BCUT2D eigenvalue weighted by Crippen LogP contribution is -2.33. The van der Waals surface area contributed by atoms with Crippen molar-refractivity contribution in [3.05, 3.63) is 87.2 Å². The van der Waals surface area contributed by atoms with Crippen molar-refractivity contribution < 1.29 is 14.5 Å². The standard InChI is InChI=1S/C22H15N3O4/c26-18-9-19-22(15-6-2-1-5-14(15)18)10-13(22)11-24(19)21(27)16-8-12-4-3-7-17(25(28)29)20(12)23-16/h1-9,13,23H,10-11H2/t13-,22?/m1/s1. The molecule has 7 nitrogen and oxygen atoms in total. The number of benzene rings is 2. The van der Waals surface area contributed by atoms with Gasteiger partial charge in [0.15, 0.2) is 5.78 Å². The number of para-hydroxylation sites is 1. The molecular weight excluding hydrogens is 370 g/mol. The van der Waals surface area contributed by atoms with Crippen LogP contribution in [0.1, 0.15) is 32.8 Å². The Morgan fingerprint density at radius 2 is 2.03 bits per heavy atom. The molecule has 2 heterocycles. The molecule has 2 aromatic carbocycles. The smallest absolute Gasteiger partial charge is 0.293 e. The molecule has 142 valence electrons. The number of carbonyl (C=O) groups excluding carboxylic acids is 2. The number of likely N-dealkylation sites (tertiary alicyclic amines) is 1. The van der Waals surface area contributed by atoms with Gasteiger partial charge in [-0.15, -0.1) is 0 Å². The highest BCUT2D eigenvalue weighted by Crippen LogP contribution is 2.66. The first-order valence-electron chi connectivity index (χ1n) is 9.45. The third-order valence-corrected chi connectivity index (χ3v) is 6.50. The number of rotatable bonds is 2. The lowest BCUT2D eigenvalue weighted by molar-refractivity contribution is -0.383. The van der Waals surface area contributed by atoms with Crippen LogP contribution in [0.3, 0.4) is 0 Å². The third-order valence-electron chi connectivity index (χ3n) is 6.50. The van der Waals surface area contributed by atoms with Crippen molar-refractivity contribution in [2.75, 3.05) is 6.54 Å². The van der Waals surface area contributed by atoms with Crippen LogP contribution in [0.25, 0.3) is 10.9 Å². The number of amides is 1. The van der Waals surface area contributed by atoms with Crippen LogP contribution in [-0.2, 0) is 5.41 Å². The van der Waals surface area contributed by atoms with Gasteiger partial charge < -0.3 is 9.88 Å². The molecule has 2 fully saturated rings. The van der Waals surface area contributed by atoms with Crippen molar-refractivity contribution in [1.29, 1.82) is 0 Å². The molecule has 3 aliphatic rings. The van der Waals surface area contributed by atoms with E-state index in [1.807, 2.05) is 24.3 Å². The number of ketones is 1. The van der Waals surface area contributed by atoms with E-state index in [4.69, 9.17) is 0 Å². The monoisotopic (exact) mass is 385 g/mol. The van der Waals surface area contributed by atoms with Crippen LogP contribution in [0.2, 0.25) is 0 Å². The zero-order valence-corrected chi connectivity index (χ0v) is 15.2. The Hall–Kier alpha value is -3.74. The summed E-state index contributed by atoms with van der Waals surface area (Å²) in [5.41, 5.74) is 2.78. The van der Waals surface area contributed by atoms with Gasteiger partial charge in [-0.25, -0.2) is 0 Å². The van der Waals surface area contributed by atoms with Crippen LogP contribution in [0, 0.1) is 16.0 Å². The van der Waals surface area contributed by atoms with E-state index in [2.05, 4.69) is 4.98 Å². The van der Waals surface area contributed by atoms with Crippen LogP contribution in [0.4, 0.5) is 5.69 Å². The van der Waals surface area contributed by atoms with Crippen molar-refractivity contribution >= 4 is 28.3 Å². The number of aromatic amines is 1. The van der Waals surface area contributed by atoms with E-state index in [1.54, 1.807) is 29.2 Å². The van der Waals surface area contributed by atoms with Crippen molar-refractivity contribution in [3.63, 3.8) is 0 Å². The molecule has 29 heavy (non-hydrogen) atoms. The Bertz CT molecular complexity index is 1300. The molecule has 2 aliphatic carbocycles. The highest BCUT2D eigenvalue weighted by Gasteiger charge is 2.67. The molecule has 2 atom stereocenters. The molecule has 1 amide bonds. The second-order valence-corrected chi connectivity index (χ2v) is 7.91. The number of aromatic nitrogens is 1. The van der Waals surface area contributed by atoms with E-state index in [1.165, 1.54) is 6.07 Å². The first kappa shape index (κ1) is 16.2. The van der Waals surface area contributed by atoms with Gasteiger partial charge in [0.25, 0.3) is 11.6 Å². The lowest BCUT2D eigenvalue weighted by Gasteiger charge is -2.29. The summed E-state index contributed by atoms with van der Waals surface area (Å²) in [5, 5.41) is 11.9. The van der Waals surface area contributed by atoms with E-state index >= 15 is 0 Å². The van der Waals surface area contributed by atoms with Crippen molar-refractivity contribution in [2.24, 2.45) is 5.92 Å². The topological polar surface area (TPSA) is 96.3 Å². The zero-order chi connectivity index (χ0) is 19.9. The van der Waals surface area contributed by atoms with E-state index in [-0.39, 0.29) is 28.5 Å². The normalized spacial score (nSPS) is 24.0. The molecule has 0 bridgehead atoms. The Balaban J connectivity index is 1.43. The zero-order valence-electron chi connectivity index (χ0n) is 15.2. The fourth-order valence-corrected chi connectivity index (χ4v) is 5.13. The SMILES string of the molecule is O=C1C=C2N(C(=O)c3cc4cccc([N+](=O)[O-])c4[nH]3)C[C@H]3CC23c2ccccc21. The molecular formula is C22H15N3O4. The maximum absolute atomic E-state index is 13.3. The minimum absolute atomic E-state index is 0.0664. The largest absolute Gasteiger partial charge is 0.345 e. The first-order valence-corrected chi connectivity index (χ1v) is 9.45. The van der Waals surface area contributed by atoms with E-state index in [9.17, 15) is 19.7 Å². The number of nitrogens with zero attached hydrogens (tertiary/aromatic N) is 2. The summed E-state index contributed by atoms with van der Waals surface area (Å²) in [7, 11) is 0. The molecule has 1 saturated carbocycles. The number of hydrogen-bond acceptors (Lipinski definition) is 4. The fourth-order valence-electron chi connectivity index (χ4n) is 5.13. The number of allylic oxidation sites excluding steroid dienone is 2. The average Bonchev–Trinajstić information content (AvgIpc) is 3.11. The Kier molecular flexibility index (Phi) is 2.91. The number of nitrogens with one attached hydrogen (secondary N) is 1. The molecule has 1 spiro atoms. The Morgan fingerprint density at radius 1 is 1.21 bits per heavy atom. The van der Waals surface area contributed by atoms with Gasteiger partial charge in [-0.3, -0.25) is 19.7 Å². The van der Waals surface area contributed by atoms with E-state index in [0.29, 0.717) is 28.9 Å². The maximum Gasteiger partial charge on any atom is 0.293 e. The molecule has 6 rings (SSSR count). The average molecular weight is 385 g/mol. The first-order chi connectivity index (χ1) is 14.0. The summed E-state index contributed by atoms with van der Waals surface area (Å²) >= 11 is 0. The minimum Gasteiger partial charge on any atom is -0.345 e. The van der Waals surface area contributed by atoms with Crippen LogP contribution in [-0.4, -0.2) is 33.0 Å². The second-order valence-electron chi connectivity index (χ2n) is 7.91. The summed E-state index contributed by atoms with van der Waals surface area (Å²) in [6.45, 7) is 0.545. The van der Waals surface area contributed by atoms with Gasteiger partial charge in [-0.2, -0.15) is 0 Å². The number of carbonyl (C=O) groups is 2. The van der Waals surface area contributed by atoms with Crippen LogP contribution in [0.15, 0.2) is 60.3 Å². The summed E-state index contributed by atoms with van der Waals surface area (Å²) in [4.78, 5) is 41.4. The molecule has 1 aromatic heterocycles.